The molecule has 0 aliphatic heterocycles. The lowest BCUT2D eigenvalue weighted by molar-refractivity contribution is -0.147. The number of rotatable bonds is 18. The van der Waals surface area contributed by atoms with Crippen LogP contribution in [0.15, 0.2) is 0 Å². The summed E-state index contributed by atoms with van der Waals surface area (Å²) in [7, 11) is 2.71. The Hall–Kier alpha value is -2.93. The highest BCUT2D eigenvalue weighted by Gasteiger charge is 2.02. The molecule has 0 fully saturated rings. The Morgan fingerprint density at radius 1 is 0.489 bits per heavy atom. The molecule has 0 unspecified atom stereocenters. The Kier molecular flexibility index (Phi) is 44.7. The standard InChI is InChI=1S/C7H14O3.C6H13NO3.2C6H12O3.C5H11NO3/c1-6(2)10-5-4-7(8)9-3;1-5(2)10-4-3-6(8)7-9;1-5(2)9-4-6(7)8-3;1-5(2)9-4-3-6(7)8;1-4(2)9-3-5(7)6-8/h6H,4-5H2,1-3H3;5,9H,3-4H2,1-2H3,(H,7,8);5H,4H2,1-3H3;5H,3-4H2,1-2H3,(H,7,8);4,8H,3H2,1-2H3,(H,6,7). The predicted octanol–water partition coefficient (Wildman–Crippen LogP) is 2.67. The third-order valence-electron chi connectivity index (χ3n) is 4.09. The van der Waals surface area contributed by atoms with Crippen LogP contribution in [0.4, 0.5) is 0 Å². The Labute approximate surface area is 279 Å². The normalized spacial score (nSPS) is 9.94. The average molecular weight is 691 g/mol. The third kappa shape index (κ3) is 66.4. The molecule has 0 bridgehead atoms. The first-order chi connectivity index (χ1) is 21.8. The molecule has 5 N–H and O–H groups in total. The van der Waals surface area contributed by atoms with Crippen LogP contribution in [0.5, 0.6) is 0 Å². The van der Waals surface area contributed by atoms with Crippen LogP contribution < -0.4 is 11.0 Å². The Balaban J connectivity index is -0.000000157. The molecule has 0 aliphatic rings. The number of ether oxygens (including phenoxy) is 7. The van der Waals surface area contributed by atoms with Gasteiger partial charge in [0, 0.05) is 0 Å². The molecule has 0 heterocycles. The summed E-state index contributed by atoms with van der Waals surface area (Å²) in [4.78, 5) is 51.3. The monoisotopic (exact) mass is 690 g/mol. The lowest BCUT2D eigenvalue weighted by Gasteiger charge is -2.05. The number of esters is 2. The van der Waals surface area contributed by atoms with Crippen LogP contribution >= 0.6 is 0 Å². The van der Waals surface area contributed by atoms with Gasteiger partial charge >= 0.3 is 17.9 Å². The van der Waals surface area contributed by atoms with Gasteiger partial charge in [-0.2, -0.15) is 0 Å². The van der Waals surface area contributed by atoms with Crippen LogP contribution in [0.25, 0.3) is 0 Å². The van der Waals surface area contributed by atoms with E-state index < -0.39 is 17.8 Å². The summed E-state index contributed by atoms with van der Waals surface area (Å²) in [5, 5.41) is 24.2. The van der Waals surface area contributed by atoms with Crippen molar-refractivity contribution in [3.63, 3.8) is 0 Å². The maximum Gasteiger partial charge on any atom is 0.331 e. The number of amides is 2. The fourth-order valence-electron chi connectivity index (χ4n) is 1.87. The van der Waals surface area contributed by atoms with Crippen LogP contribution in [0.1, 0.15) is 88.5 Å². The van der Waals surface area contributed by atoms with Gasteiger partial charge in [0.25, 0.3) is 5.91 Å². The second-order valence-electron chi connectivity index (χ2n) is 10.3. The number of hydrogen-bond acceptors (Lipinski definition) is 14. The summed E-state index contributed by atoms with van der Waals surface area (Å²) in [6.45, 7) is 19.8. The molecule has 0 saturated carbocycles. The first-order valence-electron chi connectivity index (χ1n) is 15.1. The maximum absolute atomic E-state index is 10.5. The molecule has 0 rings (SSSR count). The summed E-state index contributed by atoms with van der Waals surface area (Å²) in [5.41, 5.74) is 2.98. The quantitative estimate of drug-likeness (QED) is 0.0790. The van der Waals surface area contributed by atoms with E-state index in [0.29, 0.717) is 26.2 Å². The molecular formula is C30H62N2O15. The van der Waals surface area contributed by atoms with E-state index in [2.05, 4.69) is 9.47 Å². The number of methoxy groups -OCH3 is 2. The smallest absolute Gasteiger partial charge is 0.331 e. The number of hydrogen-bond donors (Lipinski definition) is 5. The van der Waals surface area contributed by atoms with Crippen LogP contribution in [0.2, 0.25) is 0 Å². The van der Waals surface area contributed by atoms with E-state index in [9.17, 15) is 24.0 Å². The molecule has 17 heteroatoms. The van der Waals surface area contributed by atoms with Crippen molar-refractivity contribution < 1.29 is 72.7 Å². The van der Waals surface area contributed by atoms with Crippen LogP contribution in [-0.4, -0.2) is 123 Å². The van der Waals surface area contributed by atoms with E-state index in [-0.39, 0.29) is 68.5 Å². The van der Waals surface area contributed by atoms with Crippen molar-refractivity contribution in [2.75, 3.05) is 47.3 Å². The predicted molar refractivity (Wildman–Crippen MR) is 171 cm³/mol. The SMILES string of the molecule is CC(C)OCC(=O)NO.CC(C)OCCC(=O)NO.CC(C)OCCC(=O)O.COC(=O)CCOC(C)C.COC(=O)COC(C)C. The molecule has 17 nitrogen and oxygen atoms in total. The van der Waals surface area contributed by atoms with Gasteiger partial charge in [0.15, 0.2) is 0 Å². The zero-order chi connectivity index (χ0) is 37.8. The highest BCUT2D eigenvalue weighted by Crippen LogP contribution is 1.92. The van der Waals surface area contributed by atoms with Gasteiger partial charge in [-0.1, -0.05) is 0 Å². The molecule has 0 aromatic carbocycles. The minimum absolute atomic E-state index is 0.0160. The number of carboxylic acids is 1. The fourth-order valence-corrected chi connectivity index (χ4v) is 1.87. The van der Waals surface area contributed by atoms with Crippen molar-refractivity contribution >= 4 is 29.7 Å². The average Bonchev–Trinajstić information content (AvgIpc) is 2.98. The topological polar surface area (TPSA) is 235 Å². The fraction of sp³-hybridized carbons (Fsp3) is 0.833. The summed E-state index contributed by atoms with van der Waals surface area (Å²) in [6, 6.07) is 0. The van der Waals surface area contributed by atoms with Crippen molar-refractivity contribution in [3.05, 3.63) is 0 Å². The van der Waals surface area contributed by atoms with Crippen molar-refractivity contribution in [2.45, 2.75) is 119 Å². The molecular weight excluding hydrogens is 628 g/mol. The summed E-state index contributed by atoms with van der Waals surface area (Å²) < 4.78 is 33.6. The highest BCUT2D eigenvalue weighted by molar-refractivity contribution is 5.75. The number of carboxylic acid groups (broad SMARTS) is 1. The van der Waals surface area contributed by atoms with Gasteiger partial charge in [-0.3, -0.25) is 29.6 Å². The van der Waals surface area contributed by atoms with Gasteiger partial charge in [0.1, 0.15) is 13.2 Å². The van der Waals surface area contributed by atoms with Gasteiger partial charge in [0.2, 0.25) is 5.91 Å². The summed E-state index contributed by atoms with van der Waals surface area (Å²) >= 11 is 0. The molecule has 0 radical (unpaired) electrons. The van der Waals surface area contributed by atoms with Crippen LogP contribution in [0.3, 0.4) is 0 Å². The van der Waals surface area contributed by atoms with E-state index >= 15 is 0 Å². The molecule has 0 atom stereocenters. The van der Waals surface area contributed by atoms with Gasteiger partial charge in [-0.15, -0.1) is 0 Å². The summed E-state index contributed by atoms with van der Waals surface area (Å²) in [6.07, 6.45) is 1.19. The number of carbonyl (C=O) groups is 5. The second-order valence-corrected chi connectivity index (χ2v) is 10.3. The zero-order valence-electron chi connectivity index (χ0n) is 30.3. The molecule has 0 saturated heterocycles. The van der Waals surface area contributed by atoms with Gasteiger partial charge < -0.3 is 38.3 Å². The van der Waals surface area contributed by atoms with Crippen molar-refractivity contribution in [2.24, 2.45) is 0 Å². The first-order valence-corrected chi connectivity index (χ1v) is 15.1. The Bertz CT molecular complexity index is 712. The van der Waals surface area contributed by atoms with Crippen molar-refractivity contribution in [1.82, 2.24) is 11.0 Å². The highest BCUT2D eigenvalue weighted by atomic mass is 16.6. The van der Waals surface area contributed by atoms with Crippen LogP contribution in [-0.2, 0) is 57.1 Å². The molecule has 0 aromatic heterocycles. The minimum atomic E-state index is -0.810. The third-order valence-corrected chi connectivity index (χ3v) is 4.09. The van der Waals surface area contributed by atoms with Crippen molar-refractivity contribution in [1.29, 1.82) is 0 Å². The lowest BCUT2D eigenvalue weighted by atomic mass is 10.4. The van der Waals surface area contributed by atoms with E-state index in [0.717, 1.165) is 0 Å². The maximum atomic E-state index is 10.5. The minimum Gasteiger partial charge on any atom is -0.481 e. The van der Waals surface area contributed by atoms with Gasteiger partial charge in [-0.25, -0.2) is 15.8 Å². The molecule has 0 aliphatic carbocycles. The van der Waals surface area contributed by atoms with Crippen LogP contribution in [0, 0.1) is 0 Å². The molecule has 282 valence electrons. The Morgan fingerprint density at radius 3 is 1.15 bits per heavy atom. The van der Waals surface area contributed by atoms with Gasteiger partial charge in [0.05, 0.1) is 83.8 Å². The summed E-state index contributed by atoms with van der Waals surface area (Å²) in [5.74, 6) is -2.30. The van der Waals surface area contributed by atoms with E-state index in [4.69, 9.17) is 39.2 Å². The molecule has 47 heavy (non-hydrogen) atoms. The number of hydroxylamine groups is 2. The molecule has 2 amide bonds. The van der Waals surface area contributed by atoms with E-state index in [1.165, 1.54) is 25.2 Å². The van der Waals surface area contributed by atoms with Crippen molar-refractivity contribution in [3.8, 4) is 0 Å². The molecule has 0 aromatic rings. The molecule has 0 spiro atoms. The van der Waals surface area contributed by atoms with Gasteiger partial charge in [-0.05, 0) is 69.2 Å². The zero-order valence-corrected chi connectivity index (χ0v) is 30.3. The van der Waals surface area contributed by atoms with E-state index in [1.807, 2.05) is 69.2 Å². The number of carbonyl (C=O) groups excluding carboxylic acids is 4. The lowest BCUT2D eigenvalue weighted by Crippen LogP contribution is -2.25. The van der Waals surface area contributed by atoms with E-state index in [1.54, 1.807) is 0 Å². The Morgan fingerprint density at radius 2 is 0.830 bits per heavy atom. The number of aliphatic carboxylic acids is 1. The largest absolute Gasteiger partial charge is 0.481 e. The second kappa shape index (κ2) is 39.2. The number of nitrogens with one attached hydrogen (secondary N) is 2. The first kappa shape index (κ1) is 53.6.